The van der Waals surface area contributed by atoms with Gasteiger partial charge in [-0.25, -0.2) is 8.42 Å². The Hall–Kier alpha value is -2.87. The number of sulfonamides is 1. The molecule has 1 aliphatic heterocycles. The van der Waals surface area contributed by atoms with E-state index in [1.165, 1.54) is 11.4 Å². The predicted octanol–water partition coefficient (Wildman–Crippen LogP) is 1.43. The Morgan fingerprint density at radius 3 is 2.11 bits per heavy atom. The number of hydrogen-bond acceptors (Lipinski definition) is 4. The maximum atomic E-state index is 12.7. The minimum atomic E-state index is -3.66. The SMILES string of the molecule is CN(c1ccc(C(=O)N2CCN(C=O)CC2)cc1)S(=O)(=O)c1ccccc1. The molecule has 7 nitrogen and oxygen atoms in total. The highest BCUT2D eigenvalue weighted by Crippen LogP contribution is 2.22. The van der Waals surface area contributed by atoms with Crippen molar-refractivity contribution in [2.45, 2.75) is 4.90 Å². The molecule has 0 atom stereocenters. The second-order valence-corrected chi connectivity index (χ2v) is 8.24. The first-order valence-corrected chi connectivity index (χ1v) is 10.00. The van der Waals surface area contributed by atoms with Crippen molar-refractivity contribution in [1.29, 1.82) is 0 Å². The van der Waals surface area contributed by atoms with Crippen LogP contribution in [0, 0.1) is 0 Å². The van der Waals surface area contributed by atoms with E-state index in [1.807, 2.05) is 0 Å². The fraction of sp³-hybridized carbons (Fsp3) is 0.263. The number of amides is 2. The Kier molecular flexibility index (Phi) is 5.46. The van der Waals surface area contributed by atoms with Crippen molar-refractivity contribution < 1.29 is 18.0 Å². The molecule has 0 aromatic heterocycles. The Morgan fingerprint density at radius 1 is 0.963 bits per heavy atom. The van der Waals surface area contributed by atoms with E-state index in [9.17, 15) is 18.0 Å². The maximum Gasteiger partial charge on any atom is 0.264 e. The zero-order chi connectivity index (χ0) is 19.4. The average Bonchev–Trinajstić information content (AvgIpc) is 2.73. The minimum absolute atomic E-state index is 0.124. The lowest BCUT2D eigenvalue weighted by molar-refractivity contribution is -0.119. The van der Waals surface area contributed by atoms with Crippen LogP contribution in [0.5, 0.6) is 0 Å². The van der Waals surface area contributed by atoms with E-state index in [0.29, 0.717) is 37.4 Å². The molecule has 1 aliphatic rings. The van der Waals surface area contributed by atoms with Gasteiger partial charge in [-0.15, -0.1) is 0 Å². The summed E-state index contributed by atoms with van der Waals surface area (Å²) in [5.41, 5.74) is 0.963. The number of anilines is 1. The molecule has 0 unspecified atom stereocenters. The van der Waals surface area contributed by atoms with Gasteiger partial charge in [-0.05, 0) is 36.4 Å². The molecule has 0 saturated carbocycles. The van der Waals surface area contributed by atoms with Crippen LogP contribution in [-0.2, 0) is 14.8 Å². The van der Waals surface area contributed by atoms with Gasteiger partial charge in [-0.3, -0.25) is 13.9 Å². The maximum absolute atomic E-state index is 12.7. The first kappa shape index (κ1) is 18.9. The number of carbonyl (C=O) groups excluding carboxylic acids is 2. The van der Waals surface area contributed by atoms with Gasteiger partial charge in [0.2, 0.25) is 6.41 Å². The van der Waals surface area contributed by atoms with Crippen molar-refractivity contribution >= 4 is 28.0 Å². The number of rotatable bonds is 5. The van der Waals surface area contributed by atoms with Crippen LogP contribution >= 0.6 is 0 Å². The summed E-state index contributed by atoms with van der Waals surface area (Å²) >= 11 is 0. The fourth-order valence-electron chi connectivity index (χ4n) is 2.92. The molecular formula is C19H21N3O4S. The molecule has 27 heavy (non-hydrogen) atoms. The van der Waals surface area contributed by atoms with Crippen LogP contribution in [-0.4, -0.2) is 63.8 Å². The van der Waals surface area contributed by atoms with Gasteiger partial charge < -0.3 is 9.80 Å². The summed E-state index contributed by atoms with van der Waals surface area (Å²) in [6.07, 6.45) is 0.791. The molecule has 142 valence electrons. The van der Waals surface area contributed by atoms with E-state index in [-0.39, 0.29) is 10.8 Å². The third-order valence-corrected chi connectivity index (χ3v) is 6.43. The van der Waals surface area contributed by atoms with Gasteiger partial charge in [-0.2, -0.15) is 0 Å². The molecule has 2 aromatic carbocycles. The second kappa shape index (κ2) is 7.79. The topological polar surface area (TPSA) is 78.0 Å². The standard InChI is InChI=1S/C19H21N3O4S/c1-20(27(25,26)18-5-3-2-4-6-18)17-9-7-16(8-10-17)19(24)22-13-11-21(15-23)12-14-22/h2-10,15H,11-14H2,1H3. The normalized spacial score (nSPS) is 14.7. The summed E-state index contributed by atoms with van der Waals surface area (Å²) in [6.45, 7) is 2.01. The van der Waals surface area contributed by atoms with E-state index < -0.39 is 10.0 Å². The molecule has 0 bridgehead atoms. The lowest BCUT2D eigenvalue weighted by atomic mass is 10.1. The van der Waals surface area contributed by atoms with Crippen LogP contribution < -0.4 is 4.31 Å². The Labute approximate surface area is 158 Å². The van der Waals surface area contributed by atoms with Crippen LogP contribution in [0.3, 0.4) is 0 Å². The molecule has 0 N–H and O–H groups in total. The van der Waals surface area contributed by atoms with Crippen molar-refractivity contribution in [3.8, 4) is 0 Å². The highest BCUT2D eigenvalue weighted by molar-refractivity contribution is 7.92. The van der Waals surface area contributed by atoms with Crippen LogP contribution in [0.15, 0.2) is 59.5 Å². The molecule has 0 radical (unpaired) electrons. The van der Waals surface area contributed by atoms with Crippen molar-refractivity contribution in [3.63, 3.8) is 0 Å². The molecule has 2 aromatic rings. The molecule has 3 rings (SSSR count). The lowest BCUT2D eigenvalue weighted by Crippen LogP contribution is -2.48. The molecule has 8 heteroatoms. The zero-order valence-electron chi connectivity index (χ0n) is 15.0. The highest BCUT2D eigenvalue weighted by atomic mass is 32.2. The predicted molar refractivity (Wildman–Crippen MR) is 102 cm³/mol. The highest BCUT2D eigenvalue weighted by Gasteiger charge is 2.23. The number of carbonyl (C=O) groups is 2. The first-order valence-electron chi connectivity index (χ1n) is 8.56. The zero-order valence-corrected chi connectivity index (χ0v) is 15.8. The van der Waals surface area contributed by atoms with E-state index in [0.717, 1.165) is 6.41 Å². The molecule has 0 spiro atoms. The largest absolute Gasteiger partial charge is 0.342 e. The quantitative estimate of drug-likeness (QED) is 0.727. The first-order chi connectivity index (χ1) is 12.9. The lowest BCUT2D eigenvalue weighted by Gasteiger charge is -2.32. The van der Waals surface area contributed by atoms with Crippen molar-refractivity contribution in [2.24, 2.45) is 0 Å². The van der Waals surface area contributed by atoms with Gasteiger partial charge in [0.1, 0.15) is 0 Å². The fourth-order valence-corrected chi connectivity index (χ4v) is 4.13. The number of nitrogens with zero attached hydrogens (tertiary/aromatic N) is 3. The molecule has 2 amide bonds. The molecule has 1 saturated heterocycles. The average molecular weight is 387 g/mol. The van der Waals surface area contributed by atoms with Crippen LogP contribution in [0.25, 0.3) is 0 Å². The third kappa shape index (κ3) is 3.95. The van der Waals surface area contributed by atoms with Crippen LogP contribution in [0.1, 0.15) is 10.4 Å². The van der Waals surface area contributed by atoms with E-state index in [4.69, 9.17) is 0 Å². The van der Waals surface area contributed by atoms with Gasteiger partial charge in [0, 0.05) is 38.8 Å². The Morgan fingerprint density at radius 2 is 1.56 bits per heavy atom. The summed E-state index contributed by atoms with van der Waals surface area (Å²) in [5.74, 6) is -0.124. The van der Waals surface area contributed by atoms with Crippen molar-refractivity contribution in [3.05, 3.63) is 60.2 Å². The van der Waals surface area contributed by atoms with Gasteiger partial charge >= 0.3 is 0 Å². The minimum Gasteiger partial charge on any atom is -0.342 e. The van der Waals surface area contributed by atoms with Gasteiger partial charge in [0.25, 0.3) is 15.9 Å². The van der Waals surface area contributed by atoms with E-state index in [2.05, 4.69) is 0 Å². The van der Waals surface area contributed by atoms with Gasteiger partial charge in [-0.1, -0.05) is 18.2 Å². The monoisotopic (exact) mass is 387 g/mol. The van der Waals surface area contributed by atoms with E-state index >= 15 is 0 Å². The van der Waals surface area contributed by atoms with E-state index in [1.54, 1.807) is 64.4 Å². The number of hydrogen-bond donors (Lipinski definition) is 0. The smallest absolute Gasteiger partial charge is 0.264 e. The Balaban J connectivity index is 1.73. The number of piperazine rings is 1. The van der Waals surface area contributed by atoms with Crippen molar-refractivity contribution in [1.82, 2.24) is 9.80 Å². The summed E-state index contributed by atoms with van der Waals surface area (Å²) in [5, 5.41) is 0. The summed E-state index contributed by atoms with van der Waals surface area (Å²) in [7, 11) is -2.17. The molecule has 1 fully saturated rings. The van der Waals surface area contributed by atoms with Gasteiger partial charge in [0.15, 0.2) is 0 Å². The third-order valence-electron chi connectivity index (χ3n) is 4.63. The van der Waals surface area contributed by atoms with Crippen LogP contribution in [0.4, 0.5) is 5.69 Å². The summed E-state index contributed by atoms with van der Waals surface area (Å²) in [4.78, 5) is 26.9. The number of benzene rings is 2. The Bertz CT molecular complexity index is 906. The van der Waals surface area contributed by atoms with Crippen LogP contribution in [0.2, 0.25) is 0 Å². The molecular weight excluding hydrogens is 366 g/mol. The summed E-state index contributed by atoms with van der Waals surface area (Å²) < 4.78 is 26.5. The molecule has 0 aliphatic carbocycles. The summed E-state index contributed by atoms with van der Waals surface area (Å²) in [6, 6.07) is 14.7. The molecule has 1 heterocycles. The second-order valence-electron chi connectivity index (χ2n) is 6.27. The van der Waals surface area contributed by atoms with Crippen molar-refractivity contribution in [2.75, 3.05) is 37.5 Å². The van der Waals surface area contributed by atoms with Gasteiger partial charge in [0.05, 0.1) is 10.6 Å².